The van der Waals surface area contributed by atoms with Crippen LogP contribution in [0.15, 0.2) is 54.6 Å². The van der Waals surface area contributed by atoms with Gasteiger partial charge in [-0.25, -0.2) is 4.79 Å². The van der Waals surface area contributed by atoms with Crippen molar-refractivity contribution in [1.29, 1.82) is 0 Å². The summed E-state index contributed by atoms with van der Waals surface area (Å²) >= 11 is 4.08. The molecule has 1 unspecified atom stereocenters. The molecule has 0 aliphatic heterocycles. The first-order valence-electron chi connectivity index (χ1n) is 6.42. The Kier molecular flexibility index (Phi) is 5.07. The zero-order valence-corrected chi connectivity index (χ0v) is 11.9. The number of aliphatic carboxylic acids is 1. The lowest BCUT2D eigenvalue weighted by molar-refractivity contribution is -0.137. The first-order valence-corrected chi connectivity index (χ1v) is 7.06. The van der Waals surface area contributed by atoms with E-state index in [-0.39, 0.29) is 5.75 Å². The van der Waals surface area contributed by atoms with E-state index >= 15 is 0 Å². The van der Waals surface area contributed by atoms with Crippen LogP contribution in [-0.2, 0) is 11.2 Å². The van der Waals surface area contributed by atoms with E-state index in [0.717, 1.165) is 17.7 Å². The summed E-state index contributed by atoms with van der Waals surface area (Å²) in [5.41, 5.74) is 3.11. The number of thiol groups is 1. The summed E-state index contributed by atoms with van der Waals surface area (Å²) in [5, 5.41) is 12.1. The molecular weight excluding hydrogens is 270 g/mol. The molecule has 2 rings (SSSR count). The fourth-order valence-electron chi connectivity index (χ4n) is 2.00. The molecule has 0 spiro atoms. The molecule has 2 aromatic rings. The van der Waals surface area contributed by atoms with E-state index < -0.39 is 12.0 Å². The number of hydrogen-bond donors (Lipinski definition) is 3. The number of hydrogen-bond acceptors (Lipinski definition) is 3. The van der Waals surface area contributed by atoms with Crippen LogP contribution in [0.5, 0.6) is 0 Å². The second-order valence-electron chi connectivity index (χ2n) is 4.54. The minimum Gasteiger partial charge on any atom is -0.480 e. The average molecular weight is 287 g/mol. The molecule has 0 bridgehead atoms. The maximum Gasteiger partial charge on any atom is 0.326 e. The molecule has 1 atom stereocenters. The second kappa shape index (κ2) is 7.01. The van der Waals surface area contributed by atoms with E-state index in [1.807, 2.05) is 42.5 Å². The van der Waals surface area contributed by atoms with Crippen molar-refractivity contribution in [3.8, 4) is 0 Å². The monoisotopic (exact) mass is 287 g/mol. The number of anilines is 1. The SMILES string of the molecule is O=C(O)C(CS)Nc1ccccc1Cc1ccccc1. The highest BCUT2D eigenvalue weighted by Crippen LogP contribution is 2.20. The molecule has 20 heavy (non-hydrogen) atoms. The summed E-state index contributed by atoms with van der Waals surface area (Å²) in [4.78, 5) is 11.1. The summed E-state index contributed by atoms with van der Waals surface area (Å²) in [6.07, 6.45) is 0.767. The Morgan fingerprint density at radius 2 is 1.75 bits per heavy atom. The van der Waals surface area contributed by atoms with Gasteiger partial charge in [-0.3, -0.25) is 0 Å². The van der Waals surface area contributed by atoms with Gasteiger partial charge in [-0.1, -0.05) is 48.5 Å². The molecule has 104 valence electrons. The van der Waals surface area contributed by atoms with Gasteiger partial charge in [0, 0.05) is 11.4 Å². The summed E-state index contributed by atoms with van der Waals surface area (Å²) < 4.78 is 0. The number of para-hydroxylation sites is 1. The van der Waals surface area contributed by atoms with Crippen molar-refractivity contribution in [2.45, 2.75) is 12.5 Å². The Morgan fingerprint density at radius 3 is 2.40 bits per heavy atom. The van der Waals surface area contributed by atoms with E-state index in [0.29, 0.717) is 0 Å². The van der Waals surface area contributed by atoms with E-state index in [1.165, 1.54) is 5.56 Å². The van der Waals surface area contributed by atoms with Crippen LogP contribution in [0, 0.1) is 0 Å². The maximum absolute atomic E-state index is 11.1. The Balaban J connectivity index is 2.20. The molecule has 0 aliphatic carbocycles. The van der Waals surface area contributed by atoms with Gasteiger partial charge in [-0.05, 0) is 23.6 Å². The predicted octanol–water partition coefficient (Wildman–Crippen LogP) is 3.07. The zero-order chi connectivity index (χ0) is 14.4. The van der Waals surface area contributed by atoms with E-state index in [1.54, 1.807) is 0 Å². The highest BCUT2D eigenvalue weighted by atomic mass is 32.1. The van der Waals surface area contributed by atoms with Gasteiger partial charge in [-0.15, -0.1) is 0 Å². The van der Waals surface area contributed by atoms with E-state index in [9.17, 15) is 4.79 Å². The molecule has 0 radical (unpaired) electrons. The van der Waals surface area contributed by atoms with Gasteiger partial charge < -0.3 is 10.4 Å². The molecular formula is C16H17NO2S. The molecule has 0 heterocycles. The minimum atomic E-state index is -0.894. The lowest BCUT2D eigenvalue weighted by Gasteiger charge is -2.16. The van der Waals surface area contributed by atoms with Crippen LogP contribution in [0.25, 0.3) is 0 Å². The standard InChI is InChI=1S/C16H17NO2S/c18-16(19)15(11-20)17-14-9-5-4-8-13(14)10-12-6-2-1-3-7-12/h1-9,15,17,20H,10-11H2,(H,18,19). The zero-order valence-electron chi connectivity index (χ0n) is 11.0. The van der Waals surface area contributed by atoms with E-state index in [2.05, 4.69) is 30.1 Å². The molecule has 0 aliphatic rings. The first kappa shape index (κ1) is 14.5. The van der Waals surface area contributed by atoms with Crippen LogP contribution < -0.4 is 5.32 Å². The van der Waals surface area contributed by atoms with Crippen molar-refractivity contribution in [3.05, 3.63) is 65.7 Å². The lowest BCUT2D eigenvalue weighted by Crippen LogP contribution is -2.31. The largest absolute Gasteiger partial charge is 0.480 e. The van der Waals surface area contributed by atoms with Crippen LogP contribution in [0.1, 0.15) is 11.1 Å². The predicted molar refractivity (Wildman–Crippen MR) is 84.6 cm³/mol. The summed E-state index contributed by atoms with van der Waals surface area (Å²) in [5.74, 6) is -0.649. The highest BCUT2D eigenvalue weighted by Gasteiger charge is 2.16. The molecule has 0 fully saturated rings. The smallest absolute Gasteiger partial charge is 0.326 e. The third-order valence-electron chi connectivity index (χ3n) is 3.07. The Hall–Kier alpha value is -1.94. The first-order chi connectivity index (χ1) is 9.70. The van der Waals surface area contributed by atoms with Crippen LogP contribution in [0.3, 0.4) is 0 Å². The number of rotatable bonds is 6. The normalized spacial score (nSPS) is 11.8. The van der Waals surface area contributed by atoms with Crippen molar-refractivity contribution in [2.75, 3.05) is 11.1 Å². The van der Waals surface area contributed by atoms with Crippen LogP contribution in [0.4, 0.5) is 5.69 Å². The van der Waals surface area contributed by atoms with Gasteiger partial charge in [0.05, 0.1) is 0 Å². The number of carboxylic acid groups (broad SMARTS) is 1. The second-order valence-corrected chi connectivity index (χ2v) is 4.90. The van der Waals surface area contributed by atoms with E-state index in [4.69, 9.17) is 5.11 Å². The number of carboxylic acids is 1. The third-order valence-corrected chi connectivity index (χ3v) is 3.43. The molecule has 0 amide bonds. The number of benzene rings is 2. The number of nitrogens with one attached hydrogen (secondary N) is 1. The Morgan fingerprint density at radius 1 is 1.10 bits per heavy atom. The van der Waals surface area contributed by atoms with Gasteiger partial charge in [0.15, 0.2) is 0 Å². The van der Waals surface area contributed by atoms with Crippen LogP contribution in [-0.4, -0.2) is 22.9 Å². The molecule has 0 aromatic heterocycles. The van der Waals surface area contributed by atoms with Crippen molar-refractivity contribution in [2.24, 2.45) is 0 Å². The van der Waals surface area contributed by atoms with Gasteiger partial charge in [0.25, 0.3) is 0 Å². The fraction of sp³-hybridized carbons (Fsp3) is 0.188. The molecule has 2 aromatic carbocycles. The molecule has 0 saturated carbocycles. The topological polar surface area (TPSA) is 49.3 Å². The summed E-state index contributed by atoms with van der Waals surface area (Å²) in [7, 11) is 0. The maximum atomic E-state index is 11.1. The third kappa shape index (κ3) is 3.78. The molecule has 2 N–H and O–H groups in total. The fourth-order valence-corrected chi connectivity index (χ4v) is 2.25. The minimum absolute atomic E-state index is 0.245. The number of carbonyl (C=O) groups is 1. The Bertz CT molecular complexity index is 572. The van der Waals surface area contributed by atoms with Gasteiger partial charge in [0.1, 0.15) is 6.04 Å². The van der Waals surface area contributed by atoms with Crippen LogP contribution >= 0.6 is 12.6 Å². The van der Waals surface area contributed by atoms with Crippen molar-refractivity contribution >= 4 is 24.3 Å². The highest BCUT2D eigenvalue weighted by molar-refractivity contribution is 7.80. The molecule has 4 heteroatoms. The van der Waals surface area contributed by atoms with Gasteiger partial charge in [0.2, 0.25) is 0 Å². The van der Waals surface area contributed by atoms with Gasteiger partial charge >= 0.3 is 5.97 Å². The Labute approximate surface area is 124 Å². The van der Waals surface area contributed by atoms with Crippen molar-refractivity contribution in [3.63, 3.8) is 0 Å². The molecule has 0 saturated heterocycles. The van der Waals surface area contributed by atoms with Crippen molar-refractivity contribution < 1.29 is 9.90 Å². The molecule has 3 nitrogen and oxygen atoms in total. The summed E-state index contributed by atoms with van der Waals surface area (Å²) in [6.45, 7) is 0. The summed E-state index contributed by atoms with van der Waals surface area (Å²) in [6, 6.07) is 17.2. The lowest BCUT2D eigenvalue weighted by atomic mass is 10.0. The van der Waals surface area contributed by atoms with Crippen LogP contribution in [0.2, 0.25) is 0 Å². The van der Waals surface area contributed by atoms with Crippen molar-refractivity contribution in [1.82, 2.24) is 0 Å². The quantitative estimate of drug-likeness (QED) is 0.716. The average Bonchev–Trinajstić information content (AvgIpc) is 2.47. The van der Waals surface area contributed by atoms with Gasteiger partial charge in [-0.2, -0.15) is 12.6 Å².